The van der Waals surface area contributed by atoms with Crippen LogP contribution in [0.5, 0.6) is 0 Å². The van der Waals surface area contributed by atoms with Crippen molar-refractivity contribution in [3.8, 4) is 0 Å². The van der Waals surface area contributed by atoms with Crippen molar-refractivity contribution in [2.24, 2.45) is 0 Å². The fourth-order valence-corrected chi connectivity index (χ4v) is 2.57. The van der Waals surface area contributed by atoms with Gasteiger partial charge in [-0.15, -0.1) is 0 Å². The van der Waals surface area contributed by atoms with Gasteiger partial charge in [-0.05, 0) is 30.5 Å². The number of carbonyl (C=O) groups is 1. The maximum atomic E-state index is 11.9. The van der Waals surface area contributed by atoms with Gasteiger partial charge in [-0.1, -0.05) is 26.0 Å². The van der Waals surface area contributed by atoms with Crippen molar-refractivity contribution in [3.05, 3.63) is 29.8 Å². The maximum absolute atomic E-state index is 11.9. The zero-order valence-corrected chi connectivity index (χ0v) is 10.9. The van der Waals surface area contributed by atoms with E-state index in [9.17, 15) is 13.2 Å². The van der Waals surface area contributed by atoms with Crippen LogP contribution in [0.25, 0.3) is 0 Å². The highest BCUT2D eigenvalue weighted by atomic mass is 32.2. The highest BCUT2D eigenvalue weighted by molar-refractivity contribution is 7.92. The smallest absolute Gasteiger partial charge is 0.321 e. The van der Waals surface area contributed by atoms with Crippen LogP contribution in [0.1, 0.15) is 32.3 Å². The van der Waals surface area contributed by atoms with Crippen LogP contribution >= 0.6 is 0 Å². The predicted molar refractivity (Wildman–Crippen MR) is 64.8 cm³/mol. The lowest BCUT2D eigenvalue weighted by Gasteiger charge is -2.10. The predicted octanol–water partition coefficient (Wildman–Crippen LogP) is 2.06. The standard InChI is InChI=1S/C12H16O4S/c1-8(2)10-4-6-11(7-5-10)17(15,16)9(3)12(13)14/h4-9H,1-3H3,(H,13,14). The molecule has 0 saturated heterocycles. The minimum absolute atomic E-state index is 0.0526. The van der Waals surface area contributed by atoms with Crippen molar-refractivity contribution >= 4 is 15.8 Å². The highest BCUT2D eigenvalue weighted by Gasteiger charge is 2.29. The topological polar surface area (TPSA) is 71.4 Å². The molecule has 5 heteroatoms. The van der Waals surface area contributed by atoms with Crippen molar-refractivity contribution in [2.45, 2.75) is 36.8 Å². The van der Waals surface area contributed by atoms with E-state index in [4.69, 9.17) is 5.11 Å². The van der Waals surface area contributed by atoms with Crippen LogP contribution in [0.15, 0.2) is 29.2 Å². The van der Waals surface area contributed by atoms with Crippen LogP contribution in [-0.2, 0) is 14.6 Å². The Hall–Kier alpha value is -1.36. The van der Waals surface area contributed by atoms with E-state index in [1.807, 2.05) is 13.8 Å². The molecule has 1 N–H and O–H groups in total. The number of sulfone groups is 1. The van der Waals surface area contributed by atoms with E-state index < -0.39 is 21.1 Å². The van der Waals surface area contributed by atoms with Gasteiger partial charge in [-0.3, -0.25) is 4.79 Å². The van der Waals surface area contributed by atoms with Gasteiger partial charge in [0.1, 0.15) is 0 Å². The molecule has 0 aliphatic heterocycles. The Kier molecular flexibility index (Phi) is 3.93. The van der Waals surface area contributed by atoms with E-state index in [1.54, 1.807) is 12.1 Å². The summed E-state index contributed by atoms with van der Waals surface area (Å²) in [6, 6.07) is 6.35. The van der Waals surface area contributed by atoms with Gasteiger partial charge in [0, 0.05) is 0 Å². The molecule has 0 heterocycles. The van der Waals surface area contributed by atoms with Crippen LogP contribution in [0, 0.1) is 0 Å². The van der Waals surface area contributed by atoms with Crippen LogP contribution in [0.4, 0.5) is 0 Å². The van der Waals surface area contributed by atoms with E-state index in [0.29, 0.717) is 5.92 Å². The molecule has 1 aromatic rings. The van der Waals surface area contributed by atoms with Crippen LogP contribution in [-0.4, -0.2) is 24.7 Å². The third kappa shape index (κ3) is 2.85. The first kappa shape index (κ1) is 13.7. The van der Waals surface area contributed by atoms with E-state index in [-0.39, 0.29) is 4.90 Å². The number of hydrogen-bond acceptors (Lipinski definition) is 3. The molecule has 1 unspecified atom stereocenters. The summed E-state index contributed by atoms with van der Waals surface area (Å²) in [4.78, 5) is 10.8. The molecule has 1 aromatic carbocycles. The molecule has 0 amide bonds. The number of rotatable bonds is 4. The van der Waals surface area contributed by atoms with E-state index in [0.717, 1.165) is 5.56 Å². The average Bonchev–Trinajstić information content (AvgIpc) is 2.27. The summed E-state index contributed by atoms with van der Waals surface area (Å²) in [6.07, 6.45) is 0. The molecular weight excluding hydrogens is 240 g/mol. The van der Waals surface area contributed by atoms with Crippen LogP contribution in [0.2, 0.25) is 0 Å². The average molecular weight is 256 g/mol. The van der Waals surface area contributed by atoms with E-state index in [1.165, 1.54) is 19.1 Å². The molecule has 0 saturated carbocycles. The Morgan fingerprint density at radius 1 is 1.12 bits per heavy atom. The summed E-state index contributed by atoms with van der Waals surface area (Å²) in [5.74, 6) is -1.03. The normalized spacial score (nSPS) is 13.6. The largest absolute Gasteiger partial charge is 0.480 e. The van der Waals surface area contributed by atoms with Gasteiger partial charge in [0.15, 0.2) is 15.1 Å². The number of benzene rings is 1. The van der Waals surface area contributed by atoms with Crippen molar-refractivity contribution in [1.82, 2.24) is 0 Å². The van der Waals surface area contributed by atoms with E-state index >= 15 is 0 Å². The SMILES string of the molecule is CC(C)c1ccc(S(=O)(=O)C(C)C(=O)O)cc1. The van der Waals surface area contributed by atoms with Crippen molar-refractivity contribution in [2.75, 3.05) is 0 Å². The Labute approximate surface area is 101 Å². The van der Waals surface area contributed by atoms with Gasteiger partial charge >= 0.3 is 5.97 Å². The minimum Gasteiger partial charge on any atom is -0.480 e. The van der Waals surface area contributed by atoms with Crippen LogP contribution in [0.3, 0.4) is 0 Å². The summed E-state index contributed by atoms with van der Waals surface area (Å²) in [5.41, 5.74) is 1.02. The van der Waals surface area contributed by atoms with Crippen molar-refractivity contribution in [3.63, 3.8) is 0 Å². The Morgan fingerprint density at radius 2 is 1.59 bits per heavy atom. The summed E-state index contributed by atoms with van der Waals surface area (Å²) in [6.45, 7) is 5.18. The zero-order chi connectivity index (χ0) is 13.2. The third-order valence-electron chi connectivity index (χ3n) is 2.69. The van der Waals surface area contributed by atoms with Crippen LogP contribution < -0.4 is 0 Å². The highest BCUT2D eigenvalue weighted by Crippen LogP contribution is 2.20. The molecule has 17 heavy (non-hydrogen) atoms. The van der Waals surface area contributed by atoms with Gasteiger partial charge in [-0.2, -0.15) is 0 Å². The van der Waals surface area contributed by atoms with Crippen molar-refractivity contribution in [1.29, 1.82) is 0 Å². The molecule has 0 radical (unpaired) electrons. The molecule has 0 aliphatic carbocycles. The molecule has 0 fully saturated rings. The summed E-state index contributed by atoms with van der Waals surface area (Å²) in [5, 5.41) is 7.32. The quantitative estimate of drug-likeness (QED) is 0.895. The number of carboxylic acids is 1. The number of hydrogen-bond donors (Lipinski definition) is 1. The second-order valence-electron chi connectivity index (χ2n) is 4.25. The summed E-state index contributed by atoms with van der Waals surface area (Å²) >= 11 is 0. The minimum atomic E-state index is -3.78. The summed E-state index contributed by atoms with van der Waals surface area (Å²) < 4.78 is 23.7. The third-order valence-corrected chi connectivity index (χ3v) is 4.75. The molecule has 0 bridgehead atoms. The Balaban J connectivity index is 3.13. The monoisotopic (exact) mass is 256 g/mol. The van der Waals surface area contributed by atoms with Gasteiger partial charge in [0.05, 0.1) is 4.90 Å². The Bertz CT molecular complexity index is 500. The molecular formula is C12H16O4S. The fraction of sp³-hybridized carbons (Fsp3) is 0.417. The van der Waals surface area contributed by atoms with E-state index in [2.05, 4.69) is 0 Å². The molecule has 4 nitrogen and oxygen atoms in total. The lowest BCUT2D eigenvalue weighted by molar-refractivity contribution is -0.136. The molecule has 1 rings (SSSR count). The molecule has 1 atom stereocenters. The summed E-state index contributed by atoms with van der Waals surface area (Å²) in [7, 11) is -3.78. The number of carboxylic acid groups (broad SMARTS) is 1. The molecule has 0 spiro atoms. The first-order valence-corrected chi connectivity index (χ1v) is 6.88. The van der Waals surface area contributed by atoms with Crippen molar-refractivity contribution < 1.29 is 18.3 Å². The first-order chi connectivity index (χ1) is 7.76. The lowest BCUT2D eigenvalue weighted by atomic mass is 10.0. The molecule has 94 valence electrons. The zero-order valence-electron chi connectivity index (χ0n) is 10.0. The number of aliphatic carboxylic acids is 1. The first-order valence-electron chi connectivity index (χ1n) is 5.33. The van der Waals surface area contributed by atoms with Gasteiger partial charge in [-0.25, -0.2) is 8.42 Å². The molecule has 0 aromatic heterocycles. The van der Waals surface area contributed by atoms with Gasteiger partial charge in [0.2, 0.25) is 0 Å². The second-order valence-corrected chi connectivity index (χ2v) is 6.52. The Morgan fingerprint density at radius 3 is 1.94 bits per heavy atom. The second kappa shape index (κ2) is 4.87. The lowest BCUT2D eigenvalue weighted by Crippen LogP contribution is -2.26. The maximum Gasteiger partial charge on any atom is 0.321 e. The van der Waals surface area contributed by atoms with Gasteiger partial charge < -0.3 is 5.11 Å². The fourth-order valence-electron chi connectivity index (χ4n) is 1.38. The molecule has 0 aliphatic rings. The van der Waals surface area contributed by atoms with Gasteiger partial charge in [0.25, 0.3) is 0 Å².